The number of nitrogens with zero attached hydrogens (tertiary/aromatic N) is 4. The summed E-state index contributed by atoms with van der Waals surface area (Å²) in [7, 11) is 0. The van der Waals surface area contributed by atoms with Crippen LogP contribution in [-0.4, -0.2) is 20.2 Å². The van der Waals surface area contributed by atoms with Crippen LogP contribution in [0.3, 0.4) is 0 Å². The quantitative estimate of drug-likeness (QED) is 0.654. The van der Waals surface area contributed by atoms with Gasteiger partial charge in [0.25, 0.3) is 5.22 Å². The fourth-order valence-electron chi connectivity index (χ4n) is 2.89. The van der Waals surface area contributed by atoms with Crippen molar-refractivity contribution in [3.8, 4) is 0 Å². The standard InChI is InChI=1S/C15H16N4OS2/c1-9-7-11-13(21-9)16-8-17-14(11)22-15-19-18-12(20-15)10-5-3-2-4-6-10/h7-8,10H,2-6H2,1H3. The zero-order chi connectivity index (χ0) is 14.9. The van der Waals surface area contributed by atoms with Gasteiger partial charge in [-0.2, -0.15) is 0 Å². The van der Waals surface area contributed by atoms with Gasteiger partial charge in [-0.25, -0.2) is 9.97 Å². The summed E-state index contributed by atoms with van der Waals surface area (Å²) in [5.41, 5.74) is 0. The van der Waals surface area contributed by atoms with Crippen LogP contribution in [0.5, 0.6) is 0 Å². The Bertz CT molecular complexity index is 792. The van der Waals surface area contributed by atoms with Gasteiger partial charge >= 0.3 is 0 Å². The first-order valence-electron chi connectivity index (χ1n) is 7.52. The second kappa shape index (κ2) is 5.96. The third-order valence-electron chi connectivity index (χ3n) is 3.98. The summed E-state index contributed by atoms with van der Waals surface area (Å²) in [6, 6.07) is 2.11. The van der Waals surface area contributed by atoms with E-state index in [1.165, 1.54) is 35.9 Å². The molecule has 7 heteroatoms. The second-order valence-corrected chi connectivity index (χ2v) is 7.77. The van der Waals surface area contributed by atoms with Gasteiger partial charge in [-0.15, -0.1) is 21.5 Å². The highest BCUT2D eigenvalue weighted by atomic mass is 32.2. The lowest BCUT2D eigenvalue weighted by atomic mass is 9.89. The summed E-state index contributed by atoms with van der Waals surface area (Å²) in [5.74, 6) is 1.22. The Morgan fingerprint density at radius 1 is 1.18 bits per heavy atom. The van der Waals surface area contributed by atoms with Crippen LogP contribution in [0.15, 0.2) is 27.1 Å². The average molecular weight is 332 g/mol. The minimum Gasteiger partial charge on any atom is -0.415 e. The fourth-order valence-corrected chi connectivity index (χ4v) is 4.55. The highest BCUT2D eigenvalue weighted by Gasteiger charge is 2.22. The van der Waals surface area contributed by atoms with Crippen LogP contribution in [0, 0.1) is 6.92 Å². The molecule has 0 spiro atoms. The molecule has 0 aromatic carbocycles. The van der Waals surface area contributed by atoms with Crippen molar-refractivity contribution in [1.82, 2.24) is 20.2 Å². The van der Waals surface area contributed by atoms with Crippen LogP contribution < -0.4 is 0 Å². The first-order valence-corrected chi connectivity index (χ1v) is 9.15. The Balaban J connectivity index is 1.58. The van der Waals surface area contributed by atoms with Crippen molar-refractivity contribution in [2.24, 2.45) is 0 Å². The number of aromatic nitrogens is 4. The van der Waals surface area contributed by atoms with Crippen LogP contribution in [0.4, 0.5) is 0 Å². The molecular formula is C15H16N4OS2. The van der Waals surface area contributed by atoms with Crippen LogP contribution >= 0.6 is 23.1 Å². The van der Waals surface area contributed by atoms with Crippen LogP contribution in [-0.2, 0) is 0 Å². The Labute approximate surface area is 136 Å². The molecule has 0 saturated heterocycles. The Morgan fingerprint density at radius 3 is 2.91 bits per heavy atom. The number of rotatable bonds is 3. The maximum atomic E-state index is 5.87. The van der Waals surface area contributed by atoms with Crippen molar-refractivity contribution < 1.29 is 4.42 Å². The molecule has 0 aliphatic heterocycles. The molecule has 1 aliphatic rings. The van der Waals surface area contributed by atoms with Crippen molar-refractivity contribution in [2.45, 2.75) is 55.2 Å². The second-order valence-electron chi connectivity index (χ2n) is 5.60. The fraction of sp³-hybridized carbons (Fsp3) is 0.467. The number of fused-ring (bicyclic) bond motifs is 1. The molecule has 114 valence electrons. The van der Waals surface area contributed by atoms with Gasteiger partial charge in [0.1, 0.15) is 16.2 Å². The molecule has 3 heterocycles. The van der Waals surface area contributed by atoms with E-state index in [9.17, 15) is 0 Å². The smallest absolute Gasteiger partial charge is 0.282 e. The van der Waals surface area contributed by atoms with Crippen molar-refractivity contribution in [3.63, 3.8) is 0 Å². The molecule has 4 rings (SSSR count). The van der Waals surface area contributed by atoms with E-state index in [0.29, 0.717) is 11.1 Å². The molecule has 1 saturated carbocycles. The highest BCUT2D eigenvalue weighted by Crippen LogP contribution is 2.36. The maximum absolute atomic E-state index is 5.87. The van der Waals surface area contributed by atoms with Crippen LogP contribution in [0.2, 0.25) is 0 Å². The molecule has 0 N–H and O–H groups in total. The van der Waals surface area contributed by atoms with Gasteiger partial charge in [-0.1, -0.05) is 19.3 Å². The first-order chi connectivity index (χ1) is 10.8. The minimum atomic E-state index is 0.435. The number of hydrogen-bond donors (Lipinski definition) is 0. The molecule has 3 aromatic heterocycles. The van der Waals surface area contributed by atoms with E-state index < -0.39 is 0 Å². The molecule has 0 unspecified atom stereocenters. The van der Waals surface area contributed by atoms with Crippen LogP contribution in [0.1, 0.15) is 48.8 Å². The lowest BCUT2D eigenvalue weighted by molar-refractivity contribution is 0.334. The van der Waals surface area contributed by atoms with Gasteiger partial charge in [-0.05, 0) is 37.6 Å². The predicted octanol–water partition coefficient (Wildman–Crippen LogP) is 4.58. The van der Waals surface area contributed by atoms with Crippen LogP contribution in [0.25, 0.3) is 10.2 Å². The van der Waals surface area contributed by atoms with E-state index in [0.717, 1.165) is 34.0 Å². The van der Waals surface area contributed by atoms with Crippen molar-refractivity contribution in [3.05, 3.63) is 23.2 Å². The minimum absolute atomic E-state index is 0.435. The lowest BCUT2D eigenvalue weighted by Crippen LogP contribution is -2.04. The van der Waals surface area contributed by atoms with E-state index in [2.05, 4.69) is 33.2 Å². The van der Waals surface area contributed by atoms with E-state index in [1.54, 1.807) is 17.7 Å². The molecule has 0 amide bonds. The Kier molecular flexibility index (Phi) is 3.83. The topological polar surface area (TPSA) is 64.7 Å². The zero-order valence-electron chi connectivity index (χ0n) is 12.3. The summed E-state index contributed by atoms with van der Waals surface area (Å²) in [6.45, 7) is 2.08. The summed E-state index contributed by atoms with van der Waals surface area (Å²) < 4.78 is 5.87. The summed E-state index contributed by atoms with van der Waals surface area (Å²) >= 11 is 3.10. The molecule has 0 bridgehead atoms. The highest BCUT2D eigenvalue weighted by molar-refractivity contribution is 7.99. The monoisotopic (exact) mass is 332 g/mol. The molecule has 0 radical (unpaired) electrons. The van der Waals surface area contributed by atoms with Gasteiger partial charge in [0.2, 0.25) is 5.89 Å². The van der Waals surface area contributed by atoms with Crippen molar-refractivity contribution >= 4 is 33.3 Å². The van der Waals surface area contributed by atoms with E-state index >= 15 is 0 Å². The van der Waals surface area contributed by atoms with Crippen molar-refractivity contribution in [1.29, 1.82) is 0 Å². The summed E-state index contributed by atoms with van der Waals surface area (Å²) in [5, 5.41) is 11.0. The normalized spacial score (nSPS) is 16.4. The molecule has 1 aliphatic carbocycles. The van der Waals surface area contributed by atoms with Gasteiger partial charge in [0, 0.05) is 16.2 Å². The molecule has 22 heavy (non-hydrogen) atoms. The third-order valence-corrected chi connectivity index (χ3v) is 5.79. The Morgan fingerprint density at radius 2 is 2.05 bits per heavy atom. The SMILES string of the molecule is Cc1cc2c(Sc3nnc(C4CCCCC4)o3)ncnc2s1. The van der Waals surface area contributed by atoms with Gasteiger partial charge < -0.3 is 4.42 Å². The molecule has 5 nitrogen and oxygen atoms in total. The van der Waals surface area contributed by atoms with Gasteiger partial charge in [0.05, 0.1) is 0 Å². The number of thiophene rings is 1. The van der Waals surface area contributed by atoms with Crippen molar-refractivity contribution in [2.75, 3.05) is 0 Å². The number of aryl methyl sites for hydroxylation is 1. The Hall–Kier alpha value is -1.47. The van der Waals surface area contributed by atoms with E-state index in [-0.39, 0.29) is 0 Å². The zero-order valence-corrected chi connectivity index (χ0v) is 13.9. The molecular weight excluding hydrogens is 316 g/mol. The summed E-state index contributed by atoms with van der Waals surface area (Å²) in [4.78, 5) is 10.9. The molecule has 3 aromatic rings. The van der Waals surface area contributed by atoms with Gasteiger partial charge in [0.15, 0.2) is 0 Å². The summed E-state index contributed by atoms with van der Waals surface area (Å²) in [6.07, 6.45) is 7.76. The molecule has 0 atom stereocenters. The number of hydrogen-bond acceptors (Lipinski definition) is 7. The lowest BCUT2D eigenvalue weighted by Gasteiger charge is -2.17. The molecule has 1 fully saturated rings. The maximum Gasteiger partial charge on any atom is 0.282 e. The van der Waals surface area contributed by atoms with Gasteiger partial charge in [-0.3, -0.25) is 0 Å². The predicted molar refractivity (Wildman–Crippen MR) is 86.4 cm³/mol. The third kappa shape index (κ3) is 2.75. The first kappa shape index (κ1) is 14.1. The largest absolute Gasteiger partial charge is 0.415 e. The average Bonchev–Trinajstić information content (AvgIpc) is 3.14. The van der Waals surface area contributed by atoms with E-state index in [4.69, 9.17) is 4.42 Å². The van der Waals surface area contributed by atoms with E-state index in [1.807, 2.05) is 0 Å².